The summed E-state index contributed by atoms with van der Waals surface area (Å²) in [6.07, 6.45) is 0.854. The molecule has 3 heteroatoms. The van der Waals surface area contributed by atoms with Gasteiger partial charge in [-0.2, -0.15) is 0 Å². The van der Waals surface area contributed by atoms with Crippen LogP contribution in [0.2, 0.25) is 0 Å². The zero-order valence-corrected chi connectivity index (χ0v) is 7.69. The highest BCUT2D eigenvalue weighted by Gasteiger charge is 2.05. The number of aryl methyl sites for hydroxylation is 1. The lowest BCUT2D eigenvalue weighted by molar-refractivity contribution is -0.115. The minimum absolute atomic E-state index is 0.255. The summed E-state index contributed by atoms with van der Waals surface area (Å²) in [6, 6.07) is 9.56. The molecule has 0 aliphatic heterocycles. The van der Waals surface area contributed by atoms with Gasteiger partial charge in [-0.05, 0) is 12.0 Å². The van der Waals surface area contributed by atoms with Gasteiger partial charge in [0.2, 0.25) is 0 Å². The van der Waals surface area contributed by atoms with E-state index in [0.29, 0.717) is 6.42 Å². The molecule has 0 aromatic heterocycles. The number of Topliss-reactive ketones (excluding diaryl/α,β-unsaturated/α-hetero) is 1. The zero-order chi connectivity index (χ0) is 10.4. The second-order valence-corrected chi connectivity index (χ2v) is 2.92. The Bertz CT molecular complexity index is 364. The van der Waals surface area contributed by atoms with Gasteiger partial charge >= 0.3 is 0 Å². The summed E-state index contributed by atoms with van der Waals surface area (Å²) in [5, 5.41) is 0. The fraction of sp³-hybridized carbons (Fsp3) is 0.182. The third-order valence-electron chi connectivity index (χ3n) is 1.89. The van der Waals surface area contributed by atoms with E-state index in [4.69, 9.17) is 5.73 Å². The van der Waals surface area contributed by atoms with E-state index < -0.39 is 0 Å². The molecule has 0 bridgehead atoms. The lowest BCUT2D eigenvalue weighted by Crippen LogP contribution is -2.12. The standard InChI is InChI=1S/C11H11NO2/c12-10(8-13)11(14)7-6-9-4-2-1-3-5-9/h1-5H,6-7,12H2. The van der Waals surface area contributed by atoms with E-state index in [2.05, 4.69) is 0 Å². The van der Waals surface area contributed by atoms with Crippen molar-refractivity contribution in [1.29, 1.82) is 0 Å². The van der Waals surface area contributed by atoms with Crippen molar-refractivity contribution in [3.05, 3.63) is 41.6 Å². The zero-order valence-electron chi connectivity index (χ0n) is 7.69. The highest BCUT2D eigenvalue weighted by Crippen LogP contribution is 2.03. The van der Waals surface area contributed by atoms with E-state index >= 15 is 0 Å². The molecule has 14 heavy (non-hydrogen) atoms. The van der Waals surface area contributed by atoms with E-state index in [0.717, 1.165) is 5.56 Å². The molecule has 0 saturated heterocycles. The SMILES string of the molecule is NC(=C=O)C(=O)CCc1ccccc1. The summed E-state index contributed by atoms with van der Waals surface area (Å²) in [5.41, 5.74) is 5.86. The van der Waals surface area contributed by atoms with Gasteiger partial charge in [0.15, 0.2) is 17.4 Å². The maximum absolute atomic E-state index is 11.1. The summed E-state index contributed by atoms with van der Waals surface area (Å²) in [5.74, 6) is 1.05. The Morgan fingerprint density at radius 2 is 1.93 bits per heavy atom. The van der Waals surface area contributed by atoms with Crippen molar-refractivity contribution in [1.82, 2.24) is 0 Å². The number of hydrogen-bond acceptors (Lipinski definition) is 3. The van der Waals surface area contributed by atoms with Crippen LogP contribution in [0.15, 0.2) is 36.0 Å². The largest absolute Gasteiger partial charge is 0.387 e. The number of carbonyl (C=O) groups excluding carboxylic acids is 2. The fourth-order valence-electron chi connectivity index (χ4n) is 1.09. The van der Waals surface area contributed by atoms with Gasteiger partial charge in [-0.15, -0.1) is 0 Å². The average molecular weight is 189 g/mol. The fourth-order valence-corrected chi connectivity index (χ4v) is 1.09. The predicted molar refractivity (Wildman–Crippen MR) is 53.2 cm³/mol. The van der Waals surface area contributed by atoms with Crippen LogP contribution in [-0.4, -0.2) is 11.7 Å². The summed E-state index contributed by atoms with van der Waals surface area (Å²) in [6.45, 7) is 0. The molecule has 0 aliphatic carbocycles. The van der Waals surface area contributed by atoms with E-state index in [-0.39, 0.29) is 17.9 Å². The van der Waals surface area contributed by atoms with E-state index in [1.165, 1.54) is 5.94 Å². The van der Waals surface area contributed by atoms with Gasteiger partial charge in [-0.1, -0.05) is 30.3 Å². The summed E-state index contributed by atoms with van der Waals surface area (Å²) < 4.78 is 0. The number of hydrogen-bond donors (Lipinski definition) is 1. The molecule has 3 nitrogen and oxygen atoms in total. The normalized spacial score (nSPS) is 9.14. The Morgan fingerprint density at radius 3 is 2.50 bits per heavy atom. The van der Waals surface area contributed by atoms with E-state index in [1.54, 1.807) is 0 Å². The Balaban J connectivity index is 2.50. The van der Waals surface area contributed by atoms with Crippen molar-refractivity contribution < 1.29 is 9.59 Å². The lowest BCUT2D eigenvalue weighted by atomic mass is 10.1. The number of benzene rings is 1. The molecule has 0 amide bonds. The Morgan fingerprint density at radius 1 is 1.29 bits per heavy atom. The summed E-state index contributed by atoms with van der Waals surface area (Å²) in [7, 11) is 0. The van der Waals surface area contributed by atoms with E-state index in [1.807, 2.05) is 30.3 Å². The minimum atomic E-state index is -0.344. The van der Waals surface area contributed by atoms with Crippen molar-refractivity contribution >= 4 is 11.7 Å². The van der Waals surface area contributed by atoms with E-state index in [9.17, 15) is 9.59 Å². The van der Waals surface area contributed by atoms with Gasteiger partial charge in [0.25, 0.3) is 0 Å². The first kappa shape index (κ1) is 10.2. The number of nitrogens with two attached hydrogens (primary N) is 1. The molecule has 1 rings (SSSR count). The maximum Gasteiger partial charge on any atom is 0.190 e. The smallest absolute Gasteiger partial charge is 0.190 e. The maximum atomic E-state index is 11.1. The number of ketones is 1. The Hall–Kier alpha value is -1.86. The molecule has 0 atom stereocenters. The van der Waals surface area contributed by atoms with Crippen molar-refractivity contribution in [2.24, 2.45) is 5.73 Å². The highest BCUT2D eigenvalue weighted by atomic mass is 16.1. The molecular formula is C11H11NO2. The van der Waals surface area contributed by atoms with Crippen molar-refractivity contribution in [2.75, 3.05) is 0 Å². The summed E-state index contributed by atoms with van der Waals surface area (Å²) >= 11 is 0. The molecule has 0 aliphatic rings. The molecule has 2 N–H and O–H groups in total. The van der Waals surface area contributed by atoms with Crippen molar-refractivity contribution in [2.45, 2.75) is 12.8 Å². The van der Waals surface area contributed by atoms with Crippen LogP contribution in [0.4, 0.5) is 0 Å². The lowest BCUT2D eigenvalue weighted by Gasteiger charge is -1.98. The molecule has 0 unspecified atom stereocenters. The first-order chi connectivity index (χ1) is 6.74. The van der Waals surface area contributed by atoms with Crippen LogP contribution in [-0.2, 0) is 16.0 Å². The molecule has 0 spiro atoms. The van der Waals surface area contributed by atoms with Crippen LogP contribution in [0.3, 0.4) is 0 Å². The van der Waals surface area contributed by atoms with Crippen LogP contribution in [0.5, 0.6) is 0 Å². The molecule has 0 saturated carbocycles. The molecule has 0 radical (unpaired) electrons. The minimum Gasteiger partial charge on any atom is -0.387 e. The van der Waals surface area contributed by atoms with Gasteiger partial charge in [0.05, 0.1) is 0 Å². The highest BCUT2D eigenvalue weighted by molar-refractivity contribution is 6.01. The topological polar surface area (TPSA) is 60.2 Å². The van der Waals surface area contributed by atoms with Crippen molar-refractivity contribution in [3.8, 4) is 0 Å². The quantitative estimate of drug-likeness (QED) is 0.564. The molecule has 72 valence electrons. The number of rotatable bonds is 4. The van der Waals surface area contributed by atoms with Crippen molar-refractivity contribution in [3.63, 3.8) is 0 Å². The number of allylic oxidation sites excluding steroid dienone is 1. The average Bonchev–Trinajstić information content (AvgIpc) is 2.26. The Kier molecular flexibility index (Phi) is 3.65. The van der Waals surface area contributed by atoms with Crippen LogP contribution < -0.4 is 5.73 Å². The molecule has 1 aromatic rings. The molecular weight excluding hydrogens is 178 g/mol. The van der Waals surface area contributed by atoms with Gasteiger partial charge in [-0.3, -0.25) is 4.79 Å². The molecule has 1 aromatic carbocycles. The first-order valence-corrected chi connectivity index (χ1v) is 4.31. The molecule has 0 fully saturated rings. The van der Waals surface area contributed by atoms with Crippen LogP contribution in [0.1, 0.15) is 12.0 Å². The third-order valence-corrected chi connectivity index (χ3v) is 1.89. The molecule has 0 heterocycles. The second kappa shape index (κ2) is 5.00. The van der Waals surface area contributed by atoms with Crippen LogP contribution >= 0.6 is 0 Å². The first-order valence-electron chi connectivity index (χ1n) is 4.31. The summed E-state index contributed by atoms with van der Waals surface area (Å²) in [4.78, 5) is 21.2. The second-order valence-electron chi connectivity index (χ2n) is 2.92. The monoisotopic (exact) mass is 189 g/mol. The third kappa shape index (κ3) is 2.88. The predicted octanol–water partition coefficient (Wildman–Crippen LogP) is 0.862. The van der Waals surface area contributed by atoms with Gasteiger partial charge in [0.1, 0.15) is 0 Å². The van der Waals surface area contributed by atoms with Gasteiger partial charge in [0, 0.05) is 6.42 Å². The number of carbonyl (C=O) groups is 1. The Labute approximate surface area is 82.2 Å². The van der Waals surface area contributed by atoms with Crippen LogP contribution in [0, 0.1) is 0 Å². The van der Waals surface area contributed by atoms with Crippen LogP contribution in [0.25, 0.3) is 0 Å². The van der Waals surface area contributed by atoms with Gasteiger partial charge in [-0.25, -0.2) is 4.79 Å². The van der Waals surface area contributed by atoms with Gasteiger partial charge < -0.3 is 5.73 Å².